The first kappa shape index (κ1) is 11.8. The molecule has 1 aliphatic rings. The molecular formula is C13H24O. The Bertz CT molecular complexity index is 168. The Kier molecular flexibility index (Phi) is 4.67. The Balaban J connectivity index is 2.55. The lowest BCUT2D eigenvalue weighted by molar-refractivity contribution is 0.0483. The fourth-order valence-electron chi connectivity index (χ4n) is 2.57. The molecule has 0 heterocycles. The highest BCUT2D eigenvalue weighted by atomic mass is 16.3. The molecule has 2 atom stereocenters. The fourth-order valence-corrected chi connectivity index (χ4v) is 2.57. The predicted molar refractivity (Wildman–Crippen MR) is 61.1 cm³/mol. The molecule has 82 valence electrons. The average Bonchev–Trinajstić information content (AvgIpc) is 2.20. The van der Waals surface area contributed by atoms with Crippen molar-refractivity contribution in [2.45, 2.75) is 52.1 Å². The summed E-state index contributed by atoms with van der Waals surface area (Å²) >= 11 is 0. The third-order valence-electron chi connectivity index (χ3n) is 3.54. The Labute approximate surface area is 88.2 Å². The third kappa shape index (κ3) is 2.84. The van der Waals surface area contributed by atoms with Gasteiger partial charge in [-0.15, -0.1) is 6.58 Å². The predicted octanol–water partition coefficient (Wildman–Crippen LogP) is 3.39. The van der Waals surface area contributed by atoms with Gasteiger partial charge in [0.1, 0.15) is 0 Å². The van der Waals surface area contributed by atoms with Crippen LogP contribution in [0.4, 0.5) is 0 Å². The van der Waals surface area contributed by atoms with Gasteiger partial charge in [0.2, 0.25) is 0 Å². The second-order valence-corrected chi connectivity index (χ2v) is 4.95. The van der Waals surface area contributed by atoms with Gasteiger partial charge in [-0.3, -0.25) is 0 Å². The van der Waals surface area contributed by atoms with Crippen LogP contribution in [0.3, 0.4) is 0 Å². The molecule has 0 bridgehead atoms. The van der Waals surface area contributed by atoms with Crippen molar-refractivity contribution in [3.05, 3.63) is 12.7 Å². The normalized spacial score (nSPS) is 23.4. The van der Waals surface area contributed by atoms with Crippen molar-refractivity contribution < 1.29 is 5.11 Å². The maximum Gasteiger partial charge on any atom is 0.0628 e. The summed E-state index contributed by atoms with van der Waals surface area (Å²) in [6, 6.07) is 0. The lowest BCUT2D eigenvalue weighted by atomic mass is 9.75. The van der Waals surface area contributed by atoms with Gasteiger partial charge in [-0.25, -0.2) is 0 Å². The molecule has 0 saturated heterocycles. The standard InChI is InChI=1S/C13H24O/c1-4-12(13(14)10(2)3)11-8-6-5-7-9-11/h4,10-14H,1,5-9H2,2-3H3/t12-,13+/m1/s1. The molecule has 1 rings (SSSR count). The molecule has 0 aliphatic heterocycles. The second kappa shape index (κ2) is 5.55. The minimum Gasteiger partial charge on any atom is -0.392 e. The van der Waals surface area contributed by atoms with E-state index in [-0.39, 0.29) is 6.10 Å². The van der Waals surface area contributed by atoms with Gasteiger partial charge in [0.05, 0.1) is 6.10 Å². The van der Waals surface area contributed by atoms with Gasteiger partial charge in [-0.05, 0) is 24.7 Å². The van der Waals surface area contributed by atoms with Crippen molar-refractivity contribution in [1.82, 2.24) is 0 Å². The summed E-state index contributed by atoms with van der Waals surface area (Å²) in [5.41, 5.74) is 0. The van der Waals surface area contributed by atoms with Crippen LogP contribution >= 0.6 is 0 Å². The van der Waals surface area contributed by atoms with E-state index >= 15 is 0 Å². The summed E-state index contributed by atoms with van der Waals surface area (Å²) in [5, 5.41) is 10.1. The van der Waals surface area contributed by atoms with Gasteiger partial charge in [0, 0.05) is 5.92 Å². The van der Waals surface area contributed by atoms with E-state index in [1.807, 2.05) is 6.08 Å². The Morgan fingerprint density at radius 1 is 1.21 bits per heavy atom. The maximum atomic E-state index is 10.1. The maximum absolute atomic E-state index is 10.1. The summed E-state index contributed by atoms with van der Waals surface area (Å²) in [7, 11) is 0. The number of hydrogen-bond donors (Lipinski definition) is 1. The summed E-state index contributed by atoms with van der Waals surface area (Å²) in [6.07, 6.45) is 8.37. The monoisotopic (exact) mass is 196 g/mol. The van der Waals surface area contributed by atoms with Crippen LogP contribution in [0.2, 0.25) is 0 Å². The fraction of sp³-hybridized carbons (Fsp3) is 0.846. The second-order valence-electron chi connectivity index (χ2n) is 4.95. The smallest absolute Gasteiger partial charge is 0.0628 e. The molecule has 0 amide bonds. The van der Waals surface area contributed by atoms with E-state index in [0.717, 1.165) is 0 Å². The lowest BCUT2D eigenvalue weighted by Crippen LogP contribution is -2.31. The zero-order valence-electron chi connectivity index (χ0n) is 9.58. The van der Waals surface area contributed by atoms with Crippen molar-refractivity contribution in [1.29, 1.82) is 0 Å². The van der Waals surface area contributed by atoms with E-state index in [4.69, 9.17) is 0 Å². The average molecular weight is 196 g/mol. The molecule has 1 fully saturated rings. The highest BCUT2D eigenvalue weighted by Gasteiger charge is 2.28. The molecule has 0 unspecified atom stereocenters. The molecule has 1 saturated carbocycles. The first-order valence-corrected chi connectivity index (χ1v) is 5.97. The molecule has 0 radical (unpaired) electrons. The summed E-state index contributed by atoms with van der Waals surface area (Å²) in [5.74, 6) is 1.34. The van der Waals surface area contributed by atoms with Crippen molar-refractivity contribution in [3.8, 4) is 0 Å². The topological polar surface area (TPSA) is 20.2 Å². The van der Waals surface area contributed by atoms with E-state index in [9.17, 15) is 5.11 Å². The van der Waals surface area contributed by atoms with Crippen LogP contribution in [0.15, 0.2) is 12.7 Å². The van der Waals surface area contributed by atoms with Crippen LogP contribution in [0.5, 0.6) is 0 Å². The molecular weight excluding hydrogens is 172 g/mol. The minimum atomic E-state index is -0.199. The minimum absolute atomic E-state index is 0.199. The first-order valence-electron chi connectivity index (χ1n) is 5.97. The summed E-state index contributed by atoms with van der Waals surface area (Å²) in [4.78, 5) is 0. The highest BCUT2D eigenvalue weighted by Crippen LogP contribution is 2.34. The number of hydrogen-bond acceptors (Lipinski definition) is 1. The molecule has 1 N–H and O–H groups in total. The van der Waals surface area contributed by atoms with E-state index < -0.39 is 0 Å². The molecule has 0 aromatic heterocycles. The highest BCUT2D eigenvalue weighted by molar-refractivity contribution is 4.91. The Hall–Kier alpha value is -0.300. The molecule has 0 aromatic rings. The Morgan fingerprint density at radius 2 is 1.79 bits per heavy atom. The van der Waals surface area contributed by atoms with Crippen LogP contribution < -0.4 is 0 Å². The molecule has 0 spiro atoms. The number of aliphatic hydroxyl groups excluding tert-OH is 1. The van der Waals surface area contributed by atoms with Crippen LogP contribution in [0.25, 0.3) is 0 Å². The number of aliphatic hydroxyl groups is 1. The summed E-state index contributed by atoms with van der Waals surface area (Å²) < 4.78 is 0. The molecule has 14 heavy (non-hydrogen) atoms. The van der Waals surface area contributed by atoms with Gasteiger partial charge in [0.25, 0.3) is 0 Å². The lowest BCUT2D eigenvalue weighted by Gasteiger charge is -2.33. The van der Waals surface area contributed by atoms with Crippen LogP contribution in [-0.4, -0.2) is 11.2 Å². The molecule has 1 heteroatoms. The van der Waals surface area contributed by atoms with E-state index in [1.54, 1.807) is 0 Å². The third-order valence-corrected chi connectivity index (χ3v) is 3.54. The quantitative estimate of drug-likeness (QED) is 0.683. The van der Waals surface area contributed by atoms with Gasteiger partial charge >= 0.3 is 0 Å². The van der Waals surface area contributed by atoms with Crippen molar-refractivity contribution in [3.63, 3.8) is 0 Å². The van der Waals surface area contributed by atoms with Gasteiger partial charge in [-0.2, -0.15) is 0 Å². The van der Waals surface area contributed by atoms with Gasteiger partial charge in [0.15, 0.2) is 0 Å². The largest absolute Gasteiger partial charge is 0.392 e. The van der Waals surface area contributed by atoms with Gasteiger partial charge in [-0.1, -0.05) is 39.2 Å². The molecule has 1 nitrogen and oxygen atoms in total. The van der Waals surface area contributed by atoms with Crippen LogP contribution in [0, 0.1) is 17.8 Å². The van der Waals surface area contributed by atoms with Crippen LogP contribution in [0.1, 0.15) is 46.0 Å². The molecule has 0 aromatic carbocycles. The molecule has 1 aliphatic carbocycles. The van der Waals surface area contributed by atoms with Crippen LogP contribution in [-0.2, 0) is 0 Å². The summed E-state index contributed by atoms with van der Waals surface area (Å²) in [6.45, 7) is 8.05. The first-order chi connectivity index (χ1) is 6.66. The van der Waals surface area contributed by atoms with E-state index in [1.165, 1.54) is 32.1 Å². The van der Waals surface area contributed by atoms with Gasteiger partial charge < -0.3 is 5.11 Å². The van der Waals surface area contributed by atoms with E-state index in [2.05, 4.69) is 20.4 Å². The van der Waals surface area contributed by atoms with E-state index in [0.29, 0.717) is 17.8 Å². The Morgan fingerprint density at radius 3 is 2.21 bits per heavy atom. The zero-order valence-corrected chi connectivity index (χ0v) is 9.58. The number of rotatable bonds is 4. The van der Waals surface area contributed by atoms with Crippen molar-refractivity contribution in [2.75, 3.05) is 0 Å². The van der Waals surface area contributed by atoms with Crippen molar-refractivity contribution >= 4 is 0 Å². The SMILES string of the molecule is C=C[C@H](C1CCCCC1)[C@@H](O)C(C)C. The van der Waals surface area contributed by atoms with Crippen molar-refractivity contribution in [2.24, 2.45) is 17.8 Å². The zero-order chi connectivity index (χ0) is 10.6.